The van der Waals surface area contributed by atoms with Crippen LogP contribution in [0.15, 0.2) is 16.7 Å². The minimum atomic E-state index is -0.0330. The van der Waals surface area contributed by atoms with Crippen molar-refractivity contribution in [2.45, 2.75) is 33.1 Å². The molecule has 2 aromatic heterocycles. The van der Waals surface area contributed by atoms with Crippen molar-refractivity contribution >= 4 is 33.3 Å². The molecule has 1 amide bonds. The van der Waals surface area contributed by atoms with Crippen molar-refractivity contribution in [3.63, 3.8) is 0 Å². The van der Waals surface area contributed by atoms with Gasteiger partial charge >= 0.3 is 0 Å². The lowest BCUT2D eigenvalue weighted by molar-refractivity contribution is -0.120. The topological polar surface area (TPSA) is 54.7 Å². The van der Waals surface area contributed by atoms with E-state index >= 15 is 0 Å². The number of imidazole rings is 1. The third-order valence-corrected chi connectivity index (χ3v) is 4.61. The highest BCUT2D eigenvalue weighted by atomic mass is 79.9. The zero-order valence-corrected chi connectivity index (χ0v) is 14.3. The lowest BCUT2D eigenvalue weighted by Crippen LogP contribution is -2.39. The Kier molecular flexibility index (Phi) is 4.04. The number of Topliss-reactive ketones (excluding diaryl/α,β-unsaturated/α-hetero) is 1. The van der Waals surface area contributed by atoms with Gasteiger partial charge in [0, 0.05) is 32.1 Å². The Morgan fingerprint density at radius 3 is 2.68 bits per heavy atom. The molecule has 0 N–H and O–H groups in total. The van der Waals surface area contributed by atoms with Gasteiger partial charge in [0.25, 0.3) is 5.91 Å². The number of fused-ring (bicyclic) bond motifs is 1. The second-order valence-electron chi connectivity index (χ2n) is 5.65. The smallest absolute Gasteiger partial charge is 0.272 e. The Bertz CT molecular complexity index is 756. The summed E-state index contributed by atoms with van der Waals surface area (Å²) in [5.41, 5.74) is 3.24. The molecule has 1 aliphatic rings. The number of carbonyl (C=O) groups excluding carboxylic acids is 2. The van der Waals surface area contributed by atoms with Gasteiger partial charge < -0.3 is 4.90 Å². The number of halogens is 1. The van der Waals surface area contributed by atoms with Crippen LogP contribution in [0.2, 0.25) is 0 Å². The highest BCUT2D eigenvalue weighted by Gasteiger charge is 2.27. The molecule has 0 unspecified atom stereocenters. The highest BCUT2D eigenvalue weighted by molar-refractivity contribution is 9.10. The fourth-order valence-corrected chi connectivity index (χ4v) is 3.50. The number of ketones is 1. The molecule has 1 saturated heterocycles. The molecule has 0 saturated carbocycles. The van der Waals surface area contributed by atoms with Gasteiger partial charge in [-0.2, -0.15) is 0 Å². The lowest BCUT2D eigenvalue weighted by Gasteiger charge is -2.26. The van der Waals surface area contributed by atoms with Crippen LogP contribution in [0.5, 0.6) is 0 Å². The normalized spacial score (nSPS) is 15.6. The molecule has 0 radical (unpaired) electrons. The monoisotopic (exact) mass is 363 g/mol. The third-order valence-electron chi connectivity index (χ3n) is 4.03. The zero-order chi connectivity index (χ0) is 15.9. The summed E-state index contributed by atoms with van der Waals surface area (Å²) in [5, 5.41) is 0. The van der Waals surface area contributed by atoms with Crippen LogP contribution in [0, 0.1) is 6.92 Å². The number of aryl methyl sites for hydroxylation is 2. The van der Waals surface area contributed by atoms with Crippen LogP contribution in [-0.4, -0.2) is 39.1 Å². The van der Waals surface area contributed by atoms with E-state index in [4.69, 9.17) is 0 Å². The molecule has 22 heavy (non-hydrogen) atoms. The van der Waals surface area contributed by atoms with Crippen LogP contribution < -0.4 is 0 Å². The molecule has 5 nitrogen and oxygen atoms in total. The van der Waals surface area contributed by atoms with Crippen molar-refractivity contribution in [3.05, 3.63) is 33.7 Å². The first-order chi connectivity index (χ1) is 10.5. The average Bonchev–Trinajstić information content (AvgIpc) is 2.86. The number of rotatable bonds is 2. The first-order valence-electron chi connectivity index (χ1n) is 7.49. The summed E-state index contributed by atoms with van der Waals surface area (Å²) in [7, 11) is 0. The summed E-state index contributed by atoms with van der Waals surface area (Å²) in [6, 6.07) is 2.00. The van der Waals surface area contributed by atoms with Crippen LogP contribution >= 0.6 is 15.9 Å². The predicted octanol–water partition coefficient (Wildman–Crippen LogP) is 2.77. The first-order valence-corrected chi connectivity index (χ1v) is 8.28. The maximum Gasteiger partial charge on any atom is 0.272 e. The van der Waals surface area contributed by atoms with Crippen molar-refractivity contribution < 1.29 is 9.59 Å². The van der Waals surface area contributed by atoms with E-state index in [1.165, 1.54) is 0 Å². The van der Waals surface area contributed by atoms with Gasteiger partial charge in [-0.25, -0.2) is 4.98 Å². The van der Waals surface area contributed by atoms with E-state index in [0.717, 1.165) is 21.4 Å². The Morgan fingerprint density at radius 1 is 1.36 bits per heavy atom. The number of aromatic nitrogens is 2. The van der Waals surface area contributed by atoms with Gasteiger partial charge in [0.2, 0.25) is 0 Å². The highest BCUT2D eigenvalue weighted by Crippen LogP contribution is 2.24. The number of pyridine rings is 1. The molecular formula is C16H18BrN3O2. The van der Waals surface area contributed by atoms with Crippen molar-refractivity contribution in [1.29, 1.82) is 0 Å². The van der Waals surface area contributed by atoms with E-state index in [0.29, 0.717) is 38.0 Å². The molecule has 3 heterocycles. The zero-order valence-electron chi connectivity index (χ0n) is 12.7. The lowest BCUT2D eigenvalue weighted by atomic mass is 10.1. The molecule has 0 aromatic carbocycles. The number of carbonyl (C=O) groups is 2. The van der Waals surface area contributed by atoms with Crippen molar-refractivity contribution in [2.75, 3.05) is 13.1 Å². The number of piperidine rings is 1. The number of hydrogen-bond donors (Lipinski definition) is 0. The van der Waals surface area contributed by atoms with Crippen molar-refractivity contribution in [2.24, 2.45) is 0 Å². The molecule has 0 atom stereocenters. The molecule has 0 spiro atoms. The molecule has 116 valence electrons. The van der Waals surface area contributed by atoms with Gasteiger partial charge in [-0.05, 0) is 40.9 Å². The second-order valence-corrected chi connectivity index (χ2v) is 6.50. The standard InChI is InChI=1S/C16H18BrN3O2/c1-3-13-14(16(22)19-6-4-11(21)5-7-19)20-9-10(2)8-12(17)15(20)18-13/h8-9H,3-7H2,1-2H3. The molecule has 2 aromatic rings. The maximum atomic E-state index is 12.9. The quantitative estimate of drug-likeness (QED) is 0.824. The van der Waals surface area contributed by atoms with Crippen LogP contribution in [0.4, 0.5) is 0 Å². The molecule has 0 aliphatic carbocycles. The Balaban J connectivity index is 2.08. The van der Waals surface area contributed by atoms with Crippen LogP contribution in [0.25, 0.3) is 5.65 Å². The summed E-state index contributed by atoms with van der Waals surface area (Å²) < 4.78 is 2.76. The molecular weight excluding hydrogens is 346 g/mol. The van der Waals surface area contributed by atoms with E-state index < -0.39 is 0 Å². The van der Waals surface area contributed by atoms with Gasteiger partial charge in [-0.1, -0.05) is 6.92 Å². The summed E-state index contributed by atoms with van der Waals surface area (Å²) in [6.45, 7) is 4.99. The van der Waals surface area contributed by atoms with Gasteiger partial charge in [-0.3, -0.25) is 14.0 Å². The van der Waals surface area contributed by atoms with E-state index in [2.05, 4.69) is 20.9 Å². The molecule has 6 heteroatoms. The van der Waals surface area contributed by atoms with E-state index in [9.17, 15) is 9.59 Å². The fourth-order valence-electron chi connectivity index (χ4n) is 2.86. The SMILES string of the molecule is CCc1nc2c(Br)cc(C)cn2c1C(=O)N1CCC(=O)CC1. The summed E-state index contributed by atoms with van der Waals surface area (Å²) in [5.74, 6) is 0.200. The van der Waals surface area contributed by atoms with Gasteiger partial charge in [-0.15, -0.1) is 0 Å². The minimum absolute atomic E-state index is 0.0330. The Morgan fingerprint density at radius 2 is 2.05 bits per heavy atom. The summed E-state index contributed by atoms with van der Waals surface area (Å²) in [6.07, 6.45) is 3.54. The molecule has 3 rings (SSSR count). The molecule has 1 fully saturated rings. The third kappa shape index (κ3) is 2.56. The predicted molar refractivity (Wildman–Crippen MR) is 87.2 cm³/mol. The largest absolute Gasteiger partial charge is 0.336 e. The minimum Gasteiger partial charge on any atom is -0.336 e. The second kappa shape index (κ2) is 5.83. The van der Waals surface area contributed by atoms with E-state index in [1.54, 1.807) is 4.90 Å². The van der Waals surface area contributed by atoms with E-state index in [-0.39, 0.29) is 11.7 Å². The molecule has 0 bridgehead atoms. The maximum absolute atomic E-state index is 12.9. The van der Waals surface area contributed by atoms with Crippen LogP contribution in [0.1, 0.15) is 41.5 Å². The first kappa shape index (κ1) is 15.2. The van der Waals surface area contributed by atoms with E-state index in [1.807, 2.05) is 30.5 Å². The van der Waals surface area contributed by atoms with Gasteiger partial charge in [0.05, 0.1) is 10.2 Å². The van der Waals surface area contributed by atoms with Crippen LogP contribution in [0.3, 0.4) is 0 Å². The van der Waals surface area contributed by atoms with Gasteiger partial charge in [0.1, 0.15) is 11.5 Å². The van der Waals surface area contributed by atoms with Crippen molar-refractivity contribution in [1.82, 2.24) is 14.3 Å². The Labute approximate surface area is 137 Å². The number of amides is 1. The summed E-state index contributed by atoms with van der Waals surface area (Å²) in [4.78, 5) is 30.7. The Hall–Kier alpha value is -1.69. The fraction of sp³-hybridized carbons (Fsp3) is 0.438. The molecule has 1 aliphatic heterocycles. The summed E-state index contributed by atoms with van der Waals surface area (Å²) >= 11 is 3.52. The number of nitrogens with zero attached hydrogens (tertiary/aromatic N) is 3. The number of likely N-dealkylation sites (tertiary alicyclic amines) is 1. The van der Waals surface area contributed by atoms with Gasteiger partial charge in [0.15, 0.2) is 5.65 Å². The average molecular weight is 364 g/mol. The van der Waals surface area contributed by atoms with Crippen molar-refractivity contribution in [3.8, 4) is 0 Å². The van der Waals surface area contributed by atoms with Crippen LogP contribution in [-0.2, 0) is 11.2 Å². The number of hydrogen-bond acceptors (Lipinski definition) is 3.